The van der Waals surface area contributed by atoms with Gasteiger partial charge in [0.25, 0.3) is 0 Å². The number of methoxy groups -OCH3 is 2. The van der Waals surface area contributed by atoms with E-state index in [0.717, 1.165) is 11.3 Å². The number of benzene rings is 1. The molecule has 0 spiro atoms. The molecule has 6 nitrogen and oxygen atoms in total. The van der Waals surface area contributed by atoms with Crippen LogP contribution in [0.3, 0.4) is 0 Å². The van der Waals surface area contributed by atoms with E-state index in [-0.39, 0.29) is 6.42 Å². The van der Waals surface area contributed by atoms with Gasteiger partial charge in [0.05, 0.1) is 14.2 Å². The summed E-state index contributed by atoms with van der Waals surface area (Å²) in [5.74, 6) is 0.488. The van der Waals surface area contributed by atoms with Crippen molar-refractivity contribution in [1.29, 1.82) is 0 Å². The number of esters is 1. The molecule has 0 radical (unpaired) electrons. The lowest BCUT2D eigenvalue weighted by Gasteiger charge is -2.20. The van der Waals surface area contributed by atoms with Gasteiger partial charge in [0.15, 0.2) is 30.2 Å². The van der Waals surface area contributed by atoms with Crippen molar-refractivity contribution in [2.24, 2.45) is 0 Å². The van der Waals surface area contributed by atoms with Gasteiger partial charge in [-0.05, 0) is 23.8 Å². The summed E-state index contributed by atoms with van der Waals surface area (Å²) < 4.78 is 16.5. The quantitative estimate of drug-likeness (QED) is 0.350. The summed E-state index contributed by atoms with van der Waals surface area (Å²) in [4.78, 5) is 26.8. The Morgan fingerprint density at radius 2 is 1.83 bits per heavy atom. The number of hydrogen-bond acceptors (Lipinski definition) is 6. The number of nitrogens with one attached hydrogen (secondary N) is 1. The second kappa shape index (κ2) is 9.93. The third kappa shape index (κ3) is 4.92. The number of pyridine rings is 1. The predicted octanol–water partition coefficient (Wildman–Crippen LogP) is 4.84. The molecule has 2 heterocycles. The smallest absolute Gasteiger partial charge is 0.348 e. The van der Waals surface area contributed by atoms with Crippen molar-refractivity contribution in [1.82, 2.24) is 0 Å². The molecule has 0 saturated carbocycles. The van der Waals surface area contributed by atoms with Crippen LogP contribution in [0.4, 0.5) is 0 Å². The number of halogens is 2. The largest absolute Gasteiger partial charge is 0.493 e. The van der Waals surface area contributed by atoms with E-state index in [1.165, 1.54) is 20.3 Å². The van der Waals surface area contributed by atoms with Gasteiger partial charge in [-0.3, -0.25) is 4.79 Å². The first kappa shape index (κ1) is 22.1. The first-order chi connectivity index (χ1) is 14.5. The van der Waals surface area contributed by atoms with Crippen LogP contribution in [-0.2, 0) is 11.2 Å². The molecule has 0 fully saturated rings. The monoisotopic (exact) mass is 466 g/mol. The third-order valence-electron chi connectivity index (χ3n) is 4.37. The van der Waals surface area contributed by atoms with Gasteiger partial charge >= 0.3 is 5.97 Å². The Bertz CT molecular complexity index is 1050. The second-order valence-electron chi connectivity index (χ2n) is 6.20. The molecule has 9 heteroatoms. The Morgan fingerprint density at radius 1 is 1.13 bits per heavy atom. The molecule has 3 rings (SSSR count). The summed E-state index contributed by atoms with van der Waals surface area (Å²) >= 11 is 13.7. The number of thiophene rings is 1. The molecule has 0 saturated heterocycles. The number of carbonyl (C=O) groups excluding carboxylic acids is 2. The molecule has 0 amide bonds. The molecule has 0 unspecified atom stereocenters. The zero-order valence-electron chi connectivity index (χ0n) is 16.1. The van der Waals surface area contributed by atoms with Crippen LogP contribution >= 0.6 is 34.5 Å². The van der Waals surface area contributed by atoms with Crippen LogP contribution in [0.2, 0.25) is 10.0 Å². The van der Waals surface area contributed by atoms with Crippen LogP contribution in [0.1, 0.15) is 37.3 Å². The maximum atomic E-state index is 12.7. The minimum atomic E-state index is -0.712. The fraction of sp³-hybridized carbons (Fsp3) is 0.190. The van der Waals surface area contributed by atoms with Gasteiger partial charge < -0.3 is 14.2 Å². The van der Waals surface area contributed by atoms with Gasteiger partial charge in [-0.2, -0.15) is 0 Å². The zero-order valence-corrected chi connectivity index (χ0v) is 18.4. The van der Waals surface area contributed by atoms with E-state index in [2.05, 4.69) is 4.98 Å². The van der Waals surface area contributed by atoms with Gasteiger partial charge in [0.1, 0.15) is 21.0 Å². The molecule has 2 aromatic heterocycles. The van der Waals surface area contributed by atoms with Crippen molar-refractivity contribution < 1.29 is 28.8 Å². The number of hydrogen-bond donors (Lipinski definition) is 0. The topological polar surface area (TPSA) is 76.0 Å². The molecule has 0 aliphatic carbocycles. The third-order valence-corrected chi connectivity index (χ3v) is 5.97. The minimum absolute atomic E-state index is 0.236. The van der Waals surface area contributed by atoms with Crippen molar-refractivity contribution in [2.45, 2.75) is 12.5 Å². The maximum Gasteiger partial charge on any atom is 0.348 e. The Balaban J connectivity index is 1.97. The van der Waals surface area contributed by atoms with Gasteiger partial charge in [0, 0.05) is 22.9 Å². The number of carbonyl (C=O) groups is 2. The number of H-pyrrole nitrogens is 1. The normalized spacial score (nSPS) is 11.6. The number of ether oxygens (including phenoxy) is 3. The molecule has 0 bridgehead atoms. The van der Waals surface area contributed by atoms with Crippen molar-refractivity contribution in [3.8, 4) is 11.5 Å². The Hall–Kier alpha value is -2.61. The fourth-order valence-corrected chi connectivity index (χ4v) is 4.11. The summed E-state index contributed by atoms with van der Waals surface area (Å²) in [7, 11) is 3.06. The highest BCUT2D eigenvalue weighted by atomic mass is 35.5. The SMILES string of the molecule is COc1ccc([C@H](Cc2c(Cl)c[nH+]cc2Cl)OC(=O)c2cc(C=O)cs2)cc1OC. The van der Waals surface area contributed by atoms with Crippen LogP contribution in [0.25, 0.3) is 0 Å². The molecule has 1 aromatic carbocycles. The second-order valence-corrected chi connectivity index (χ2v) is 7.93. The van der Waals surface area contributed by atoms with Crippen molar-refractivity contribution in [3.05, 3.63) is 73.7 Å². The highest BCUT2D eigenvalue weighted by Crippen LogP contribution is 2.35. The van der Waals surface area contributed by atoms with Gasteiger partial charge in [-0.25, -0.2) is 9.78 Å². The average Bonchev–Trinajstić information content (AvgIpc) is 3.24. The van der Waals surface area contributed by atoms with Crippen molar-refractivity contribution in [2.75, 3.05) is 14.2 Å². The Kier molecular flexibility index (Phi) is 7.31. The van der Waals surface area contributed by atoms with Gasteiger partial charge in [-0.1, -0.05) is 29.3 Å². The first-order valence-electron chi connectivity index (χ1n) is 8.77. The standard InChI is InChI=1S/C21H17Cl2NO5S/c1-27-17-4-3-13(6-19(17)28-2)18(7-14-15(22)8-24-9-16(14)23)29-21(26)20-5-12(10-25)11-30-20/h3-6,8-11,18H,7H2,1-2H3/p+1/t18-/m0/s1. The van der Waals surface area contributed by atoms with Gasteiger partial charge in [-0.15, -0.1) is 11.3 Å². The van der Waals surface area contributed by atoms with E-state index >= 15 is 0 Å². The highest BCUT2D eigenvalue weighted by Gasteiger charge is 2.24. The highest BCUT2D eigenvalue weighted by molar-refractivity contribution is 7.12. The lowest BCUT2D eigenvalue weighted by atomic mass is 10.0. The maximum absolute atomic E-state index is 12.7. The van der Waals surface area contributed by atoms with E-state index in [0.29, 0.717) is 49.4 Å². The number of rotatable bonds is 8. The lowest BCUT2D eigenvalue weighted by Crippen LogP contribution is -2.15. The summed E-state index contributed by atoms with van der Waals surface area (Å²) in [6.07, 6.45) is 3.41. The molecular weight excluding hydrogens is 449 g/mol. The first-order valence-corrected chi connectivity index (χ1v) is 10.4. The number of aromatic amines is 1. The molecule has 1 N–H and O–H groups in total. The molecule has 1 atom stereocenters. The van der Waals surface area contributed by atoms with Crippen LogP contribution in [0.15, 0.2) is 42.0 Å². The Labute approximate surface area is 187 Å². The predicted molar refractivity (Wildman–Crippen MR) is 114 cm³/mol. The van der Waals surface area contributed by atoms with Crippen molar-refractivity contribution in [3.63, 3.8) is 0 Å². The summed E-state index contributed by atoms with van der Waals surface area (Å²) in [6, 6.07) is 6.73. The zero-order chi connectivity index (χ0) is 21.7. The van der Waals surface area contributed by atoms with Crippen LogP contribution in [0.5, 0.6) is 11.5 Å². The summed E-state index contributed by atoms with van der Waals surface area (Å²) in [5, 5.41) is 2.43. The van der Waals surface area contributed by atoms with E-state index in [4.69, 9.17) is 37.4 Å². The molecule has 0 aliphatic rings. The van der Waals surface area contributed by atoms with Crippen molar-refractivity contribution >= 4 is 46.8 Å². The van der Waals surface area contributed by atoms with E-state index < -0.39 is 12.1 Å². The molecular formula is C21H18Cl2NO5S+. The molecule has 156 valence electrons. The molecule has 0 aliphatic heterocycles. The molecule has 30 heavy (non-hydrogen) atoms. The lowest BCUT2D eigenvalue weighted by molar-refractivity contribution is -0.377. The Morgan fingerprint density at radius 3 is 2.43 bits per heavy atom. The fourth-order valence-electron chi connectivity index (χ4n) is 2.84. The number of aromatic nitrogens is 1. The summed E-state index contributed by atoms with van der Waals surface area (Å²) in [5.41, 5.74) is 1.72. The van der Waals surface area contributed by atoms with Crippen LogP contribution in [-0.4, -0.2) is 26.5 Å². The molecule has 3 aromatic rings. The summed E-state index contributed by atoms with van der Waals surface area (Å²) in [6.45, 7) is 0. The minimum Gasteiger partial charge on any atom is -0.493 e. The average molecular weight is 467 g/mol. The van der Waals surface area contributed by atoms with E-state index in [9.17, 15) is 9.59 Å². The number of aldehydes is 1. The van der Waals surface area contributed by atoms with E-state index in [1.807, 2.05) is 0 Å². The van der Waals surface area contributed by atoms with Gasteiger partial charge in [0.2, 0.25) is 0 Å². The van der Waals surface area contributed by atoms with E-state index in [1.54, 1.807) is 36.0 Å². The van der Waals surface area contributed by atoms with Crippen LogP contribution < -0.4 is 14.5 Å². The van der Waals surface area contributed by atoms with Crippen LogP contribution in [0, 0.1) is 0 Å².